The zero-order valence-corrected chi connectivity index (χ0v) is 16.9. The Morgan fingerprint density at radius 2 is 1.24 bits per heavy atom. The maximum atomic E-state index is 10.7. The van der Waals surface area contributed by atoms with E-state index >= 15 is 0 Å². The van der Waals surface area contributed by atoms with Crippen LogP contribution in [0.25, 0.3) is 0 Å². The Labute approximate surface area is 154 Å². The van der Waals surface area contributed by atoms with Gasteiger partial charge in [-0.1, -0.05) is 64.7 Å². The van der Waals surface area contributed by atoms with Gasteiger partial charge in [-0.15, -0.1) is 14.5 Å². The summed E-state index contributed by atoms with van der Waals surface area (Å²) in [7, 11) is 3.26. The van der Waals surface area contributed by atoms with Crippen molar-refractivity contribution in [3.05, 3.63) is 0 Å². The second-order valence-electron chi connectivity index (χ2n) is 6.50. The van der Waals surface area contributed by atoms with Crippen molar-refractivity contribution >= 4 is 5.97 Å². The number of carbonyl (C=O) groups is 1. The molecule has 0 bridgehead atoms. The molecule has 0 heterocycles. The van der Waals surface area contributed by atoms with Crippen LogP contribution in [-0.2, 0) is 24.0 Å². The fraction of sp³-hybridized carbons (Fsp3) is 0.947. The number of rotatable bonds is 18. The summed E-state index contributed by atoms with van der Waals surface area (Å²) in [5.74, 6) is -0.277. The lowest BCUT2D eigenvalue weighted by Gasteiger charge is -2.23. The Morgan fingerprint density at radius 1 is 0.760 bits per heavy atom. The highest BCUT2D eigenvalue weighted by Crippen LogP contribution is 2.12. The number of quaternary nitrogens is 1. The maximum absolute atomic E-state index is 10.7. The summed E-state index contributed by atoms with van der Waals surface area (Å²) >= 11 is 0. The molecule has 1 atom stereocenters. The molecule has 0 aliphatic carbocycles. The van der Waals surface area contributed by atoms with Crippen molar-refractivity contribution in [1.82, 2.24) is 0 Å². The van der Waals surface area contributed by atoms with Crippen molar-refractivity contribution in [1.29, 1.82) is 0 Å². The molecule has 25 heavy (non-hydrogen) atoms. The molecule has 0 amide bonds. The molecule has 0 radical (unpaired) electrons. The summed E-state index contributed by atoms with van der Waals surface area (Å²) in [5.41, 5.74) is 0. The van der Waals surface area contributed by atoms with Crippen LogP contribution in [0.2, 0.25) is 0 Å². The summed E-state index contributed by atoms with van der Waals surface area (Å²) in [5, 5.41) is 0. The van der Waals surface area contributed by atoms with Crippen LogP contribution in [0.3, 0.4) is 0 Å². The van der Waals surface area contributed by atoms with E-state index in [2.05, 4.69) is 6.92 Å². The van der Waals surface area contributed by atoms with E-state index in [0.29, 0.717) is 26.2 Å². The van der Waals surface area contributed by atoms with Crippen molar-refractivity contribution in [3.8, 4) is 0 Å². The highest BCUT2D eigenvalue weighted by Gasteiger charge is 2.26. The lowest BCUT2D eigenvalue weighted by molar-refractivity contribution is -1.35. The van der Waals surface area contributed by atoms with Gasteiger partial charge in [0.05, 0.1) is 11.6 Å². The van der Waals surface area contributed by atoms with E-state index in [9.17, 15) is 4.79 Å². The number of ether oxygens (including phenoxy) is 1. The molecule has 0 spiro atoms. The third kappa shape index (κ3) is 16.5. The summed E-state index contributed by atoms with van der Waals surface area (Å²) in [6.07, 6.45) is 13.5. The molecule has 150 valence electrons. The molecule has 0 saturated heterocycles. The second-order valence-corrected chi connectivity index (χ2v) is 6.50. The monoisotopic (exact) mass is 362 g/mol. The van der Waals surface area contributed by atoms with Gasteiger partial charge < -0.3 is 4.74 Å². The van der Waals surface area contributed by atoms with Gasteiger partial charge in [-0.05, 0) is 6.42 Å². The zero-order valence-electron chi connectivity index (χ0n) is 16.9. The van der Waals surface area contributed by atoms with E-state index in [4.69, 9.17) is 19.2 Å². The van der Waals surface area contributed by atoms with Crippen molar-refractivity contribution < 1.29 is 29.0 Å². The molecule has 0 aromatic carbocycles. The minimum Gasteiger partial charge on any atom is -0.466 e. The molecule has 0 rings (SSSR count). The summed E-state index contributed by atoms with van der Waals surface area (Å²) in [4.78, 5) is 26.8. The fourth-order valence-corrected chi connectivity index (χ4v) is 2.47. The molecule has 6 heteroatoms. The molecule has 0 N–H and O–H groups in total. The van der Waals surface area contributed by atoms with Crippen LogP contribution in [0.15, 0.2) is 0 Å². The first kappa shape index (κ1) is 24.3. The first-order chi connectivity index (χ1) is 12.0. The van der Waals surface area contributed by atoms with Crippen LogP contribution < -0.4 is 0 Å². The van der Waals surface area contributed by atoms with E-state index in [1.165, 1.54) is 64.7 Å². The van der Waals surface area contributed by atoms with Gasteiger partial charge in [0.15, 0.2) is 7.05 Å². The average Bonchev–Trinajstić information content (AvgIpc) is 2.59. The first-order valence-corrected chi connectivity index (χ1v) is 9.88. The van der Waals surface area contributed by atoms with Crippen LogP contribution in [0.1, 0.15) is 84.5 Å². The standard InChI is InChI=1S/C19H40NO5/c1-5-6-7-8-9-10-11-12-13-14-17-24-20(3,22-4)25-18-15-16-23-19(2)21/h5-18H2,1-4H3/q+1. The third-order valence-electron chi connectivity index (χ3n) is 4.08. The number of nitrogens with zero attached hydrogens (tertiary/aromatic N) is 1. The lowest BCUT2D eigenvalue weighted by atomic mass is 10.1. The highest BCUT2D eigenvalue weighted by atomic mass is 17.2. The number of carbonyl (C=O) groups excluding carboxylic acids is 1. The van der Waals surface area contributed by atoms with Gasteiger partial charge in [0.25, 0.3) is 0 Å². The maximum Gasteiger partial charge on any atom is 0.302 e. The summed E-state index contributed by atoms with van der Waals surface area (Å²) < 4.78 is 4.86. The fourth-order valence-electron chi connectivity index (χ4n) is 2.47. The number of hydrogen-bond donors (Lipinski definition) is 0. The first-order valence-electron chi connectivity index (χ1n) is 9.88. The second kappa shape index (κ2) is 16.8. The molecular weight excluding hydrogens is 322 g/mol. The SMILES string of the molecule is CCCCCCCCCCCCO[N+](C)(OC)OCCCOC(C)=O. The Hall–Kier alpha value is -0.690. The third-order valence-corrected chi connectivity index (χ3v) is 4.08. The van der Waals surface area contributed by atoms with Gasteiger partial charge in [-0.2, -0.15) is 0 Å². The molecule has 0 aliphatic rings. The van der Waals surface area contributed by atoms with E-state index < -0.39 is 0 Å². The smallest absolute Gasteiger partial charge is 0.302 e. The van der Waals surface area contributed by atoms with Crippen molar-refractivity contribution in [2.75, 3.05) is 34.0 Å². The van der Waals surface area contributed by atoms with Crippen LogP contribution in [0, 0.1) is 0 Å². The minimum absolute atomic E-state index is 0.277. The molecule has 1 unspecified atom stereocenters. The molecule has 0 aromatic heterocycles. The van der Waals surface area contributed by atoms with E-state index in [0.717, 1.165) is 6.42 Å². The van der Waals surface area contributed by atoms with Crippen molar-refractivity contribution in [3.63, 3.8) is 0 Å². The Balaban J connectivity index is 3.50. The van der Waals surface area contributed by atoms with Gasteiger partial charge in [0, 0.05) is 13.3 Å². The van der Waals surface area contributed by atoms with Crippen LogP contribution in [0.5, 0.6) is 0 Å². The highest BCUT2D eigenvalue weighted by molar-refractivity contribution is 5.65. The normalized spacial score (nSPS) is 13.6. The van der Waals surface area contributed by atoms with Crippen LogP contribution in [-0.4, -0.2) is 44.9 Å². The van der Waals surface area contributed by atoms with Gasteiger partial charge in [-0.3, -0.25) is 4.79 Å². The van der Waals surface area contributed by atoms with Gasteiger partial charge in [0.1, 0.15) is 20.3 Å². The van der Waals surface area contributed by atoms with E-state index in [1.807, 2.05) is 0 Å². The topological polar surface area (TPSA) is 54.0 Å². The minimum atomic E-state index is -0.336. The number of esters is 1. The summed E-state index contributed by atoms with van der Waals surface area (Å²) in [6.45, 7) is 4.99. The van der Waals surface area contributed by atoms with Crippen molar-refractivity contribution in [2.45, 2.75) is 84.5 Å². The summed E-state index contributed by atoms with van der Waals surface area (Å²) in [6, 6.07) is 0. The number of hydroxylamine groups is 3. The largest absolute Gasteiger partial charge is 0.466 e. The average molecular weight is 363 g/mol. The Morgan fingerprint density at radius 3 is 1.72 bits per heavy atom. The Bertz CT molecular complexity index is 314. The van der Waals surface area contributed by atoms with Crippen LogP contribution >= 0.6 is 0 Å². The molecule has 0 fully saturated rings. The Kier molecular flexibility index (Phi) is 16.3. The predicted octanol–water partition coefficient (Wildman–Crippen LogP) is 4.73. The van der Waals surface area contributed by atoms with Gasteiger partial charge in [-0.25, -0.2) is 0 Å². The molecule has 0 aliphatic heterocycles. The molecule has 6 nitrogen and oxygen atoms in total. The zero-order chi connectivity index (χ0) is 18.8. The van der Waals surface area contributed by atoms with Crippen molar-refractivity contribution in [2.24, 2.45) is 0 Å². The molecule has 0 saturated carbocycles. The molecule has 0 aromatic rings. The van der Waals surface area contributed by atoms with E-state index in [-0.39, 0.29) is 10.9 Å². The van der Waals surface area contributed by atoms with Gasteiger partial charge in [0.2, 0.25) is 0 Å². The molecular formula is C19H40NO5+. The quantitative estimate of drug-likeness (QED) is 0.153. The lowest BCUT2D eigenvalue weighted by Crippen LogP contribution is -2.43. The van der Waals surface area contributed by atoms with E-state index in [1.54, 1.807) is 14.2 Å². The number of hydrogen-bond acceptors (Lipinski definition) is 5. The van der Waals surface area contributed by atoms with Crippen LogP contribution in [0.4, 0.5) is 0 Å². The predicted molar refractivity (Wildman–Crippen MR) is 98.2 cm³/mol. The van der Waals surface area contributed by atoms with Gasteiger partial charge >= 0.3 is 5.97 Å². The number of unbranched alkanes of at least 4 members (excludes halogenated alkanes) is 9.